The standard InChI is InChI=1S/C15H22BrNO/c1-9-8-12(18)13(10(2)14(9)16)15(17)11-6-4-3-5-7-11/h8,11,15,18H,3-7,17H2,1-2H3/t15-/m0/s1. The zero-order chi connectivity index (χ0) is 13.3. The van der Waals surface area contributed by atoms with Gasteiger partial charge in [-0.1, -0.05) is 35.2 Å². The molecule has 1 saturated carbocycles. The van der Waals surface area contributed by atoms with Gasteiger partial charge in [0, 0.05) is 16.1 Å². The van der Waals surface area contributed by atoms with Crippen molar-refractivity contribution in [3.05, 3.63) is 27.2 Å². The van der Waals surface area contributed by atoms with Crippen LogP contribution in [0.25, 0.3) is 0 Å². The second-order valence-corrected chi connectivity index (χ2v) is 6.28. The maximum atomic E-state index is 10.2. The Morgan fingerprint density at radius 2 is 1.89 bits per heavy atom. The minimum Gasteiger partial charge on any atom is -0.508 e. The predicted molar refractivity (Wildman–Crippen MR) is 78.8 cm³/mol. The SMILES string of the molecule is Cc1cc(O)c([C@@H](N)C2CCCCC2)c(C)c1Br. The Morgan fingerprint density at radius 3 is 2.50 bits per heavy atom. The molecule has 3 heteroatoms. The summed E-state index contributed by atoms with van der Waals surface area (Å²) in [6.45, 7) is 4.03. The van der Waals surface area contributed by atoms with Crippen LogP contribution in [0, 0.1) is 19.8 Å². The van der Waals surface area contributed by atoms with E-state index < -0.39 is 0 Å². The Hall–Kier alpha value is -0.540. The molecule has 1 atom stereocenters. The molecule has 2 rings (SSSR count). The highest BCUT2D eigenvalue weighted by Crippen LogP contribution is 2.40. The quantitative estimate of drug-likeness (QED) is 0.852. The lowest BCUT2D eigenvalue weighted by Crippen LogP contribution is -2.24. The molecule has 1 aromatic carbocycles. The first-order valence-corrected chi connectivity index (χ1v) is 7.55. The van der Waals surface area contributed by atoms with Crippen molar-refractivity contribution in [3.63, 3.8) is 0 Å². The molecule has 0 heterocycles. The molecular weight excluding hydrogens is 290 g/mol. The summed E-state index contributed by atoms with van der Waals surface area (Å²) in [5.41, 5.74) is 9.49. The van der Waals surface area contributed by atoms with Crippen LogP contribution in [0.2, 0.25) is 0 Å². The molecular formula is C15H22BrNO. The van der Waals surface area contributed by atoms with E-state index in [1.807, 2.05) is 19.9 Å². The van der Waals surface area contributed by atoms with Crippen molar-refractivity contribution >= 4 is 15.9 Å². The van der Waals surface area contributed by atoms with E-state index in [0.717, 1.165) is 21.2 Å². The molecule has 2 nitrogen and oxygen atoms in total. The van der Waals surface area contributed by atoms with Crippen LogP contribution in [0.5, 0.6) is 5.75 Å². The van der Waals surface area contributed by atoms with Crippen LogP contribution >= 0.6 is 15.9 Å². The van der Waals surface area contributed by atoms with Crippen LogP contribution in [0.4, 0.5) is 0 Å². The number of nitrogens with two attached hydrogens (primary N) is 1. The molecule has 0 saturated heterocycles. The minimum atomic E-state index is -0.0396. The number of hydrogen-bond acceptors (Lipinski definition) is 2. The lowest BCUT2D eigenvalue weighted by molar-refractivity contribution is 0.302. The smallest absolute Gasteiger partial charge is 0.120 e. The minimum absolute atomic E-state index is 0.0396. The molecule has 0 radical (unpaired) electrons. The fourth-order valence-electron chi connectivity index (χ4n) is 3.10. The van der Waals surface area contributed by atoms with Crippen LogP contribution < -0.4 is 5.73 Å². The number of phenolic OH excluding ortho intramolecular Hbond substituents is 1. The largest absolute Gasteiger partial charge is 0.508 e. The first kappa shape index (κ1) is 13.9. The van der Waals surface area contributed by atoms with Crippen LogP contribution in [0.3, 0.4) is 0 Å². The van der Waals surface area contributed by atoms with Crippen molar-refractivity contribution in [2.24, 2.45) is 11.7 Å². The fourth-order valence-corrected chi connectivity index (χ4v) is 3.43. The highest BCUT2D eigenvalue weighted by atomic mass is 79.9. The third-order valence-corrected chi connectivity index (χ3v) is 5.42. The molecule has 0 unspecified atom stereocenters. The van der Waals surface area contributed by atoms with Gasteiger partial charge in [-0.3, -0.25) is 0 Å². The summed E-state index contributed by atoms with van der Waals surface area (Å²) in [7, 11) is 0. The van der Waals surface area contributed by atoms with Gasteiger partial charge in [0.05, 0.1) is 0 Å². The van der Waals surface area contributed by atoms with E-state index in [-0.39, 0.29) is 6.04 Å². The summed E-state index contributed by atoms with van der Waals surface area (Å²) in [5, 5.41) is 10.2. The van der Waals surface area contributed by atoms with Crippen LogP contribution in [-0.4, -0.2) is 5.11 Å². The molecule has 1 aliphatic carbocycles. The van der Waals surface area contributed by atoms with Crippen molar-refractivity contribution in [1.29, 1.82) is 0 Å². The highest BCUT2D eigenvalue weighted by Gasteiger charge is 2.26. The Balaban J connectivity index is 2.34. The summed E-state index contributed by atoms with van der Waals surface area (Å²) in [6, 6.07) is 1.77. The number of aromatic hydroxyl groups is 1. The van der Waals surface area contributed by atoms with E-state index in [2.05, 4.69) is 15.9 Å². The summed E-state index contributed by atoms with van der Waals surface area (Å²) in [6.07, 6.45) is 6.24. The highest BCUT2D eigenvalue weighted by molar-refractivity contribution is 9.10. The normalized spacial score (nSPS) is 18.9. The Bertz CT molecular complexity index is 439. The number of rotatable bonds is 2. The van der Waals surface area contributed by atoms with Gasteiger partial charge in [-0.2, -0.15) is 0 Å². The number of aryl methyl sites for hydroxylation is 1. The number of halogens is 1. The van der Waals surface area contributed by atoms with Crippen LogP contribution in [0.15, 0.2) is 10.5 Å². The van der Waals surface area contributed by atoms with Crippen LogP contribution in [0.1, 0.15) is 54.8 Å². The molecule has 0 aliphatic heterocycles. The van der Waals surface area contributed by atoms with Gasteiger partial charge in [0.1, 0.15) is 5.75 Å². The van der Waals surface area contributed by atoms with Gasteiger partial charge in [0.15, 0.2) is 0 Å². The van der Waals surface area contributed by atoms with E-state index in [0.29, 0.717) is 11.7 Å². The van der Waals surface area contributed by atoms with E-state index in [9.17, 15) is 5.11 Å². The van der Waals surface area contributed by atoms with E-state index in [1.54, 1.807) is 0 Å². The summed E-state index contributed by atoms with van der Waals surface area (Å²) >= 11 is 3.59. The Morgan fingerprint density at radius 1 is 1.28 bits per heavy atom. The van der Waals surface area contributed by atoms with E-state index >= 15 is 0 Å². The van der Waals surface area contributed by atoms with E-state index in [1.165, 1.54) is 32.1 Å². The average molecular weight is 312 g/mol. The van der Waals surface area contributed by atoms with Gasteiger partial charge >= 0.3 is 0 Å². The Labute approximate surface area is 118 Å². The molecule has 18 heavy (non-hydrogen) atoms. The first-order chi connectivity index (χ1) is 8.52. The van der Waals surface area contributed by atoms with Crippen molar-refractivity contribution in [2.75, 3.05) is 0 Å². The van der Waals surface area contributed by atoms with Gasteiger partial charge in [-0.15, -0.1) is 0 Å². The van der Waals surface area contributed by atoms with Gasteiger partial charge in [-0.05, 0) is 49.8 Å². The number of hydrogen-bond donors (Lipinski definition) is 2. The first-order valence-electron chi connectivity index (χ1n) is 6.76. The predicted octanol–water partition coefficient (Wildman–Crippen LogP) is 4.35. The summed E-state index contributed by atoms with van der Waals surface area (Å²) in [5.74, 6) is 0.865. The molecule has 1 aromatic rings. The summed E-state index contributed by atoms with van der Waals surface area (Å²) in [4.78, 5) is 0. The topological polar surface area (TPSA) is 46.2 Å². The number of phenols is 1. The number of benzene rings is 1. The molecule has 0 bridgehead atoms. The second kappa shape index (κ2) is 5.62. The zero-order valence-electron chi connectivity index (χ0n) is 11.2. The van der Waals surface area contributed by atoms with Crippen molar-refractivity contribution < 1.29 is 5.11 Å². The molecule has 100 valence electrons. The molecule has 1 fully saturated rings. The fraction of sp³-hybridized carbons (Fsp3) is 0.600. The zero-order valence-corrected chi connectivity index (χ0v) is 12.8. The third kappa shape index (κ3) is 2.57. The third-order valence-electron chi connectivity index (χ3n) is 4.20. The Kier molecular flexibility index (Phi) is 4.33. The van der Waals surface area contributed by atoms with Gasteiger partial charge in [0.25, 0.3) is 0 Å². The molecule has 0 spiro atoms. The lowest BCUT2D eigenvalue weighted by Gasteiger charge is -2.29. The van der Waals surface area contributed by atoms with E-state index in [4.69, 9.17) is 5.73 Å². The van der Waals surface area contributed by atoms with Gasteiger partial charge in [0.2, 0.25) is 0 Å². The van der Waals surface area contributed by atoms with Crippen LogP contribution in [-0.2, 0) is 0 Å². The van der Waals surface area contributed by atoms with Gasteiger partial charge in [-0.25, -0.2) is 0 Å². The molecule has 1 aliphatic rings. The van der Waals surface area contributed by atoms with Crippen molar-refractivity contribution in [2.45, 2.75) is 52.0 Å². The molecule has 0 aromatic heterocycles. The molecule has 0 amide bonds. The monoisotopic (exact) mass is 311 g/mol. The molecule has 3 N–H and O–H groups in total. The van der Waals surface area contributed by atoms with Gasteiger partial charge < -0.3 is 10.8 Å². The lowest BCUT2D eigenvalue weighted by atomic mass is 9.80. The average Bonchev–Trinajstić information content (AvgIpc) is 2.37. The summed E-state index contributed by atoms with van der Waals surface area (Å²) < 4.78 is 1.07. The van der Waals surface area contributed by atoms with Crippen molar-refractivity contribution in [1.82, 2.24) is 0 Å². The maximum Gasteiger partial charge on any atom is 0.120 e. The van der Waals surface area contributed by atoms with Crippen molar-refractivity contribution in [3.8, 4) is 5.75 Å². The second-order valence-electron chi connectivity index (χ2n) is 5.49. The maximum absolute atomic E-state index is 10.2.